The van der Waals surface area contributed by atoms with Gasteiger partial charge in [-0.1, -0.05) is 13.3 Å². The van der Waals surface area contributed by atoms with Crippen molar-refractivity contribution in [2.24, 2.45) is 0 Å². The van der Waals surface area contributed by atoms with E-state index >= 15 is 0 Å². The van der Waals surface area contributed by atoms with Gasteiger partial charge in [-0.15, -0.1) is 0 Å². The smallest absolute Gasteiger partial charge is 0.319 e. The minimum absolute atomic E-state index is 0.0848. The molecule has 26 heavy (non-hydrogen) atoms. The summed E-state index contributed by atoms with van der Waals surface area (Å²) >= 11 is 0. The van der Waals surface area contributed by atoms with Gasteiger partial charge < -0.3 is 15.4 Å². The Bertz CT molecular complexity index is 784. The fourth-order valence-electron chi connectivity index (χ4n) is 2.27. The normalized spacial score (nSPS) is 10.4. The summed E-state index contributed by atoms with van der Waals surface area (Å²) in [7, 11) is 0. The molecule has 140 valence electrons. The third kappa shape index (κ3) is 5.61. The van der Waals surface area contributed by atoms with Crippen molar-refractivity contribution in [3.05, 3.63) is 52.2 Å². The van der Waals surface area contributed by atoms with E-state index in [2.05, 4.69) is 22.5 Å². The average Bonchev–Trinajstić information content (AvgIpc) is 2.63. The number of benzene rings is 1. The van der Waals surface area contributed by atoms with Gasteiger partial charge in [0.15, 0.2) is 0 Å². The molecule has 0 radical (unpaired) electrons. The summed E-state index contributed by atoms with van der Waals surface area (Å²) in [6, 6.07) is 6.91. The fraction of sp³-hybridized carbons (Fsp3) is 0.421. The Balaban J connectivity index is 1.78. The molecule has 0 saturated heterocycles. The second kappa shape index (κ2) is 9.60. The zero-order valence-corrected chi connectivity index (χ0v) is 15.5. The summed E-state index contributed by atoms with van der Waals surface area (Å²) < 4.78 is 7.07. The highest BCUT2D eigenvalue weighted by Gasteiger charge is 2.05. The van der Waals surface area contributed by atoms with E-state index in [0.717, 1.165) is 24.3 Å². The lowest BCUT2D eigenvalue weighted by atomic mass is 10.3. The molecule has 0 aliphatic rings. The van der Waals surface area contributed by atoms with Crippen molar-refractivity contribution in [1.29, 1.82) is 0 Å². The second-order valence-electron chi connectivity index (χ2n) is 6.06. The fourth-order valence-corrected chi connectivity index (χ4v) is 2.27. The zero-order chi connectivity index (χ0) is 18.9. The van der Waals surface area contributed by atoms with Gasteiger partial charge in [-0.05, 0) is 44.5 Å². The van der Waals surface area contributed by atoms with Crippen LogP contribution in [0, 0.1) is 13.8 Å². The quantitative estimate of drug-likeness (QED) is 0.711. The monoisotopic (exact) mass is 358 g/mol. The molecular formula is C19H26N4O3. The van der Waals surface area contributed by atoms with Crippen LogP contribution >= 0.6 is 0 Å². The lowest BCUT2D eigenvalue weighted by Crippen LogP contribution is -2.34. The number of carbonyl (C=O) groups is 1. The van der Waals surface area contributed by atoms with E-state index in [9.17, 15) is 9.59 Å². The topological polar surface area (TPSA) is 85.2 Å². The number of rotatable bonds is 8. The molecule has 0 spiro atoms. The van der Waals surface area contributed by atoms with Crippen molar-refractivity contribution in [3.63, 3.8) is 0 Å². The van der Waals surface area contributed by atoms with Gasteiger partial charge in [0.1, 0.15) is 5.75 Å². The van der Waals surface area contributed by atoms with Crippen LogP contribution in [0.5, 0.6) is 5.75 Å². The van der Waals surface area contributed by atoms with Crippen molar-refractivity contribution in [1.82, 2.24) is 14.9 Å². The Morgan fingerprint density at radius 1 is 1.23 bits per heavy atom. The molecule has 1 aromatic heterocycles. The van der Waals surface area contributed by atoms with Gasteiger partial charge in [0.25, 0.3) is 5.56 Å². The Morgan fingerprint density at radius 3 is 2.65 bits per heavy atom. The predicted molar refractivity (Wildman–Crippen MR) is 102 cm³/mol. The van der Waals surface area contributed by atoms with Crippen LogP contribution in [0.3, 0.4) is 0 Å². The van der Waals surface area contributed by atoms with Crippen LogP contribution in [0.15, 0.2) is 35.4 Å². The number of aryl methyl sites for hydroxylation is 1. The van der Waals surface area contributed by atoms with Crippen molar-refractivity contribution in [2.75, 3.05) is 18.5 Å². The number of hydrogen-bond donors (Lipinski definition) is 2. The molecule has 2 N–H and O–H groups in total. The largest absolute Gasteiger partial charge is 0.494 e. The minimum atomic E-state index is -0.325. The minimum Gasteiger partial charge on any atom is -0.494 e. The van der Waals surface area contributed by atoms with E-state index in [1.165, 1.54) is 10.9 Å². The first kappa shape index (κ1) is 19.5. The molecule has 1 aromatic carbocycles. The van der Waals surface area contributed by atoms with Crippen molar-refractivity contribution >= 4 is 11.7 Å². The van der Waals surface area contributed by atoms with Gasteiger partial charge >= 0.3 is 6.03 Å². The van der Waals surface area contributed by atoms with E-state index in [1.807, 2.05) is 12.1 Å². The van der Waals surface area contributed by atoms with E-state index in [-0.39, 0.29) is 11.6 Å². The van der Waals surface area contributed by atoms with Gasteiger partial charge in [0.2, 0.25) is 0 Å². The molecule has 0 unspecified atom stereocenters. The van der Waals surface area contributed by atoms with Gasteiger partial charge in [0.05, 0.1) is 12.9 Å². The number of aromatic nitrogens is 2. The van der Waals surface area contributed by atoms with E-state index in [4.69, 9.17) is 4.74 Å². The second-order valence-corrected chi connectivity index (χ2v) is 6.06. The van der Waals surface area contributed by atoms with Gasteiger partial charge in [-0.2, -0.15) is 0 Å². The Morgan fingerprint density at radius 2 is 1.96 bits per heavy atom. The number of anilines is 1. The summed E-state index contributed by atoms with van der Waals surface area (Å²) in [6.45, 7) is 7.04. The average molecular weight is 358 g/mol. The first-order chi connectivity index (χ1) is 12.5. The number of amides is 2. The summed E-state index contributed by atoms with van der Waals surface area (Å²) in [5.41, 5.74) is 1.94. The lowest BCUT2D eigenvalue weighted by Gasteiger charge is -2.10. The number of unbranched alkanes of at least 4 members (excludes halogenated alkanes) is 1. The standard InChI is InChI=1S/C19H26N4O3/c1-4-5-12-26-17-8-6-16(7-9-17)22-19(25)20-10-11-23-13-21-15(3)14(2)18(23)24/h6-9,13H,4-5,10-12H2,1-3H3,(H2,20,22,25). The summed E-state index contributed by atoms with van der Waals surface area (Å²) in [5.74, 6) is 0.783. The number of hydrogen-bond acceptors (Lipinski definition) is 4. The molecule has 0 fully saturated rings. The molecule has 7 nitrogen and oxygen atoms in total. The number of nitrogens with one attached hydrogen (secondary N) is 2. The molecule has 0 bridgehead atoms. The summed E-state index contributed by atoms with van der Waals surface area (Å²) in [6.07, 6.45) is 3.60. The Hall–Kier alpha value is -2.83. The van der Waals surface area contributed by atoms with E-state index in [1.54, 1.807) is 26.0 Å². The van der Waals surface area contributed by atoms with E-state index < -0.39 is 0 Å². The SMILES string of the molecule is CCCCOc1ccc(NC(=O)NCCn2cnc(C)c(C)c2=O)cc1. The number of urea groups is 1. The predicted octanol–water partition coefficient (Wildman–Crippen LogP) is 2.86. The third-order valence-corrected chi connectivity index (χ3v) is 4.03. The number of nitrogens with zero attached hydrogens (tertiary/aromatic N) is 2. The summed E-state index contributed by atoms with van der Waals surface area (Å²) in [4.78, 5) is 28.2. The molecule has 0 aliphatic heterocycles. The molecule has 7 heteroatoms. The van der Waals surface area contributed by atoms with Crippen LogP contribution in [-0.4, -0.2) is 28.7 Å². The van der Waals surface area contributed by atoms with Crippen LogP contribution in [-0.2, 0) is 6.54 Å². The van der Waals surface area contributed by atoms with Crippen LogP contribution < -0.4 is 20.9 Å². The van der Waals surface area contributed by atoms with Crippen molar-refractivity contribution in [3.8, 4) is 5.75 Å². The van der Waals surface area contributed by atoms with Gasteiger partial charge in [0, 0.05) is 30.0 Å². The maximum absolute atomic E-state index is 12.1. The number of carbonyl (C=O) groups excluding carboxylic acids is 1. The van der Waals surface area contributed by atoms with Crippen molar-refractivity contribution < 1.29 is 9.53 Å². The Labute approximate surface area is 153 Å². The van der Waals surface area contributed by atoms with Crippen LogP contribution in [0.25, 0.3) is 0 Å². The van der Waals surface area contributed by atoms with E-state index in [0.29, 0.717) is 30.9 Å². The van der Waals surface area contributed by atoms with Crippen molar-refractivity contribution in [2.45, 2.75) is 40.2 Å². The first-order valence-electron chi connectivity index (χ1n) is 8.81. The third-order valence-electron chi connectivity index (χ3n) is 4.03. The Kier molecular flexibility index (Phi) is 7.20. The maximum Gasteiger partial charge on any atom is 0.319 e. The molecule has 2 aromatic rings. The van der Waals surface area contributed by atoms with Gasteiger partial charge in [-0.3, -0.25) is 9.36 Å². The lowest BCUT2D eigenvalue weighted by molar-refractivity contribution is 0.251. The van der Waals surface area contributed by atoms with Gasteiger partial charge in [-0.25, -0.2) is 9.78 Å². The highest BCUT2D eigenvalue weighted by Crippen LogP contribution is 2.15. The highest BCUT2D eigenvalue weighted by atomic mass is 16.5. The molecule has 0 saturated carbocycles. The molecule has 0 atom stereocenters. The zero-order valence-electron chi connectivity index (χ0n) is 15.5. The molecule has 2 amide bonds. The molecular weight excluding hydrogens is 332 g/mol. The molecule has 2 rings (SSSR count). The number of ether oxygens (including phenoxy) is 1. The highest BCUT2D eigenvalue weighted by molar-refractivity contribution is 5.89. The first-order valence-corrected chi connectivity index (χ1v) is 8.81. The van der Waals surface area contributed by atoms with Crippen LogP contribution in [0.4, 0.5) is 10.5 Å². The van der Waals surface area contributed by atoms with Crippen LogP contribution in [0.2, 0.25) is 0 Å². The molecule has 1 heterocycles. The molecule has 0 aliphatic carbocycles. The maximum atomic E-state index is 12.1. The van der Waals surface area contributed by atoms with Crippen LogP contribution in [0.1, 0.15) is 31.0 Å². The summed E-state index contributed by atoms with van der Waals surface area (Å²) in [5, 5.41) is 5.48.